The molecule has 0 amide bonds. The summed E-state index contributed by atoms with van der Waals surface area (Å²) in [6.45, 7) is -0.598. The molecule has 0 bridgehead atoms. The molecule has 3 N–H and O–H groups in total. The Hall–Kier alpha value is -2.01. The van der Waals surface area contributed by atoms with Gasteiger partial charge in [0.2, 0.25) is 0 Å². The van der Waals surface area contributed by atoms with Gasteiger partial charge < -0.3 is 15.6 Å². The van der Waals surface area contributed by atoms with Gasteiger partial charge >= 0.3 is 6.36 Å². The second kappa shape index (κ2) is 4.24. The monoisotopic (exact) mass is 233 g/mol. The number of nitrogens with zero attached hydrogens (tertiary/aromatic N) is 2. The van der Waals surface area contributed by atoms with E-state index in [1.165, 1.54) is 0 Å². The van der Waals surface area contributed by atoms with E-state index in [-0.39, 0.29) is 11.3 Å². The van der Waals surface area contributed by atoms with Crippen LogP contribution in [-0.4, -0.2) is 16.5 Å². The van der Waals surface area contributed by atoms with Gasteiger partial charge in [0.1, 0.15) is 6.07 Å². The van der Waals surface area contributed by atoms with E-state index in [4.69, 9.17) is 16.1 Å². The van der Waals surface area contributed by atoms with E-state index in [2.05, 4.69) is 9.72 Å². The first-order valence-electron chi connectivity index (χ1n) is 3.93. The zero-order valence-electron chi connectivity index (χ0n) is 7.75. The van der Waals surface area contributed by atoms with Crippen molar-refractivity contribution in [3.63, 3.8) is 0 Å². The van der Waals surface area contributed by atoms with Gasteiger partial charge in [0.25, 0.3) is 0 Å². The molecule has 0 saturated heterocycles. The molecule has 0 atom stereocenters. The summed E-state index contributed by atoms with van der Waals surface area (Å²) in [6, 6.07) is 2.35. The molecule has 0 saturated carbocycles. The molecule has 8 heteroatoms. The highest BCUT2D eigenvalue weighted by Crippen LogP contribution is 2.28. The van der Waals surface area contributed by atoms with E-state index in [1.807, 2.05) is 0 Å². The van der Waals surface area contributed by atoms with E-state index in [0.29, 0.717) is 0 Å². The lowest BCUT2D eigenvalue weighted by Gasteiger charge is -2.11. The fourth-order valence-corrected chi connectivity index (χ4v) is 0.973. The SMILES string of the molecule is N#Cc1cc(OC(F)(F)F)c(N)nc1CO. The maximum atomic E-state index is 11.9. The van der Waals surface area contributed by atoms with Gasteiger partial charge in [0.15, 0.2) is 11.6 Å². The first-order valence-corrected chi connectivity index (χ1v) is 3.93. The molecular formula is C8H6F3N3O2. The van der Waals surface area contributed by atoms with Gasteiger partial charge in [-0.2, -0.15) is 5.26 Å². The van der Waals surface area contributed by atoms with E-state index >= 15 is 0 Å². The topological polar surface area (TPSA) is 92.2 Å². The Morgan fingerprint density at radius 3 is 2.62 bits per heavy atom. The maximum absolute atomic E-state index is 11.9. The van der Waals surface area contributed by atoms with Gasteiger partial charge in [-0.1, -0.05) is 0 Å². The van der Waals surface area contributed by atoms with Gasteiger partial charge in [-0.05, 0) is 0 Å². The lowest BCUT2D eigenvalue weighted by molar-refractivity contribution is -0.274. The molecule has 0 radical (unpaired) electrons. The van der Waals surface area contributed by atoms with Crippen LogP contribution in [0, 0.1) is 11.3 Å². The fourth-order valence-electron chi connectivity index (χ4n) is 0.973. The van der Waals surface area contributed by atoms with Crippen molar-refractivity contribution in [1.82, 2.24) is 4.98 Å². The summed E-state index contributed by atoms with van der Waals surface area (Å²) in [5.41, 5.74) is 4.84. The summed E-state index contributed by atoms with van der Waals surface area (Å²) < 4.78 is 39.3. The molecule has 0 spiro atoms. The third kappa shape index (κ3) is 2.74. The number of aromatic nitrogens is 1. The fraction of sp³-hybridized carbons (Fsp3) is 0.250. The van der Waals surface area contributed by atoms with Crippen molar-refractivity contribution in [3.8, 4) is 11.8 Å². The van der Waals surface area contributed by atoms with Gasteiger partial charge in [-0.25, -0.2) is 4.98 Å². The van der Waals surface area contributed by atoms with Crippen LogP contribution < -0.4 is 10.5 Å². The lowest BCUT2D eigenvalue weighted by atomic mass is 10.2. The number of hydrogen-bond donors (Lipinski definition) is 2. The first kappa shape index (κ1) is 12.1. The molecule has 0 unspecified atom stereocenters. The Morgan fingerprint density at radius 1 is 1.56 bits per heavy atom. The number of aliphatic hydroxyl groups is 1. The predicted octanol–water partition coefficient (Wildman–Crippen LogP) is 0.926. The first-order chi connectivity index (χ1) is 7.37. The number of rotatable bonds is 2. The van der Waals surface area contributed by atoms with Crippen molar-refractivity contribution in [1.29, 1.82) is 5.26 Å². The zero-order valence-corrected chi connectivity index (χ0v) is 7.75. The summed E-state index contributed by atoms with van der Waals surface area (Å²) in [7, 11) is 0. The van der Waals surface area contributed by atoms with Crippen LogP contribution in [0.1, 0.15) is 11.3 Å². The van der Waals surface area contributed by atoms with Gasteiger partial charge in [0, 0.05) is 6.07 Å². The van der Waals surface area contributed by atoms with Crippen LogP contribution in [0.4, 0.5) is 19.0 Å². The minimum atomic E-state index is -4.91. The molecule has 0 aliphatic heterocycles. The third-order valence-corrected chi connectivity index (χ3v) is 1.59. The minimum Gasteiger partial charge on any atom is -0.402 e. The van der Waals surface area contributed by atoms with Gasteiger partial charge in [-0.3, -0.25) is 0 Å². The molecule has 1 aromatic rings. The quantitative estimate of drug-likeness (QED) is 0.792. The summed E-state index contributed by atoms with van der Waals surface area (Å²) in [5, 5.41) is 17.3. The molecule has 5 nitrogen and oxygen atoms in total. The second-order valence-electron chi connectivity index (χ2n) is 2.68. The van der Waals surface area contributed by atoms with Crippen molar-refractivity contribution < 1.29 is 23.0 Å². The zero-order chi connectivity index (χ0) is 12.3. The predicted molar refractivity (Wildman–Crippen MR) is 46.0 cm³/mol. The van der Waals surface area contributed by atoms with Crippen LogP contribution in [0.3, 0.4) is 0 Å². The standard InChI is InChI=1S/C8H6F3N3O2/c9-8(10,11)16-6-1-4(2-12)5(3-15)14-7(6)13/h1,15H,3H2,(H2,13,14). The molecule has 0 fully saturated rings. The highest BCUT2D eigenvalue weighted by atomic mass is 19.4. The Balaban J connectivity index is 3.18. The lowest BCUT2D eigenvalue weighted by Crippen LogP contribution is -2.19. The number of aliphatic hydroxyl groups excluding tert-OH is 1. The summed E-state index contributed by atoms with van der Waals surface area (Å²) in [6.07, 6.45) is -4.91. The molecule has 0 aliphatic rings. The molecule has 1 aromatic heterocycles. The number of nitriles is 1. The molecule has 1 rings (SSSR count). The van der Waals surface area contributed by atoms with Crippen LogP contribution in [0.2, 0.25) is 0 Å². The van der Waals surface area contributed by atoms with Crippen molar-refractivity contribution in [2.75, 3.05) is 5.73 Å². The molecule has 0 aliphatic carbocycles. The van der Waals surface area contributed by atoms with E-state index < -0.39 is 24.5 Å². The number of anilines is 1. The maximum Gasteiger partial charge on any atom is 0.573 e. The number of hydrogen-bond acceptors (Lipinski definition) is 5. The van der Waals surface area contributed by atoms with E-state index in [1.54, 1.807) is 6.07 Å². The smallest absolute Gasteiger partial charge is 0.402 e. The largest absolute Gasteiger partial charge is 0.573 e. The number of ether oxygens (including phenoxy) is 1. The van der Waals surface area contributed by atoms with Crippen LogP contribution in [0.15, 0.2) is 6.07 Å². The molecule has 1 heterocycles. The Kier molecular flexibility index (Phi) is 3.20. The summed E-state index contributed by atoms with van der Waals surface area (Å²) in [5.74, 6) is -1.30. The summed E-state index contributed by atoms with van der Waals surface area (Å²) in [4.78, 5) is 3.43. The van der Waals surface area contributed by atoms with Crippen molar-refractivity contribution in [3.05, 3.63) is 17.3 Å². The molecule has 86 valence electrons. The average Bonchev–Trinajstić information content (AvgIpc) is 2.18. The highest BCUT2D eigenvalue weighted by Gasteiger charge is 2.32. The van der Waals surface area contributed by atoms with Crippen LogP contribution in [0.25, 0.3) is 0 Å². The Labute approximate surface area is 87.9 Å². The van der Waals surface area contributed by atoms with Crippen molar-refractivity contribution in [2.45, 2.75) is 13.0 Å². The van der Waals surface area contributed by atoms with Gasteiger partial charge in [-0.15, -0.1) is 13.2 Å². The number of pyridine rings is 1. The van der Waals surface area contributed by atoms with Gasteiger partial charge in [0.05, 0.1) is 17.9 Å². The van der Waals surface area contributed by atoms with Crippen LogP contribution in [-0.2, 0) is 6.61 Å². The number of alkyl halides is 3. The Bertz CT molecular complexity index is 439. The average molecular weight is 233 g/mol. The third-order valence-electron chi connectivity index (χ3n) is 1.59. The van der Waals surface area contributed by atoms with Crippen molar-refractivity contribution >= 4 is 5.82 Å². The number of nitrogen functional groups attached to an aromatic ring is 1. The Morgan fingerprint density at radius 2 is 2.19 bits per heavy atom. The van der Waals surface area contributed by atoms with Crippen LogP contribution >= 0.6 is 0 Å². The summed E-state index contributed by atoms with van der Waals surface area (Å²) >= 11 is 0. The van der Waals surface area contributed by atoms with Crippen LogP contribution in [0.5, 0.6) is 5.75 Å². The van der Waals surface area contributed by atoms with E-state index in [0.717, 1.165) is 6.07 Å². The molecule has 16 heavy (non-hydrogen) atoms. The second-order valence-corrected chi connectivity index (χ2v) is 2.68. The normalized spacial score (nSPS) is 10.9. The van der Waals surface area contributed by atoms with Crippen molar-refractivity contribution in [2.24, 2.45) is 0 Å². The number of nitrogens with two attached hydrogens (primary N) is 1. The van der Waals surface area contributed by atoms with E-state index in [9.17, 15) is 13.2 Å². The molecular weight excluding hydrogens is 227 g/mol. The minimum absolute atomic E-state index is 0.102. The highest BCUT2D eigenvalue weighted by molar-refractivity contribution is 5.52. The number of halogens is 3. The molecule has 0 aromatic carbocycles.